The molecule has 1 atom stereocenters. The third-order valence-corrected chi connectivity index (χ3v) is 5.78. The zero-order valence-corrected chi connectivity index (χ0v) is 18.4. The quantitative estimate of drug-likeness (QED) is 0.277. The van der Waals surface area contributed by atoms with Crippen LogP contribution in [0.25, 0.3) is 22.5 Å². The highest BCUT2D eigenvalue weighted by Gasteiger charge is 2.28. The number of benzene rings is 3. The van der Waals surface area contributed by atoms with Crippen molar-refractivity contribution < 1.29 is 23.1 Å². The summed E-state index contributed by atoms with van der Waals surface area (Å²) in [4.78, 5) is 19.7. The molecule has 0 aliphatic carbocycles. The number of carbonyl (C=O) groups excluding carboxylic acids is 1. The van der Waals surface area contributed by atoms with Crippen LogP contribution in [0.4, 0.5) is 29.3 Å². The average Bonchev–Trinajstić information content (AvgIpc) is 3.42. The maximum Gasteiger partial charge on any atom is 0.323 e. The second-order valence-electron chi connectivity index (χ2n) is 8.12. The number of hydrogen-bond donors (Lipinski definition) is 5. The highest BCUT2D eigenvalue weighted by atomic mass is 19.1. The number of fused-ring (bicyclic) bond motifs is 1. The van der Waals surface area contributed by atoms with Crippen molar-refractivity contribution in [1.29, 1.82) is 0 Å². The van der Waals surface area contributed by atoms with Crippen molar-refractivity contribution in [1.82, 2.24) is 15.3 Å². The second-order valence-corrected chi connectivity index (χ2v) is 8.12. The van der Waals surface area contributed by atoms with Gasteiger partial charge in [-0.1, -0.05) is 18.2 Å². The van der Waals surface area contributed by atoms with Crippen LogP contribution in [0.2, 0.25) is 0 Å². The number of para-hydroxylation sites is 1. The first kappa shape index (κ1) is 22.6. The summed E-state index contributed by atoms with van der Waals surface area (Å²) >= 11 is 0. The minimum absolute atomic E-state index is 0.0954. The van der Waals surface area contributed by atoms with Crippen molar-refractivity contribution >= 4 is 17.4 Å². The predicted octanol–water partition coefficient (Wildman–Crippen LogP) is 5.21. The number of hydrogen-bond acceptors (Lipinski definition) is 4. The van der Waals surface area contributed by atoms with Gasteiger partial charge in [0, 0.05) is 40.8 Å². The summed E-state index contributed by atoms with van der Waals surface area (Å²) in [5, 5.41) is 17.9. The monoisotopic (exact) mass is 479 g/mol. The zero-order valence-electron chi connectivity index (χ0n) is 18.4. The Labute approximate surface area is 198 Å². The zero-order chi connectivity index (χ0) is 24.7. The van der Waals surface area contributed by atoms with Gasteiger partial charge in [0.25, 0.3) is 0 Å². The van der Waals surface area contributed by atoms with Crippen molar-refractivity contribution in [3.05, 3.63) is 89.0 Å². The Morgan fingerprint density at radius 2 is 1.71 bits per heavy atom. The van der Waals surface area contributed by atoms with E-state index in [9.17, 15) is 18.7 Å². The third kappa shape index (κ3) is 4.25. The number of aliphatic hydroxyl groups excluding tert-OH is 1. The van der Waals surface area contributed by atoms with Crippen LogP contribution in [0.5, 0.6) is 0 Å². The number of urea groups is 1. The fourth-order valence-electron chi connectivity index (χ4n) is 4.18. The Morgan fingerprint density at radius 3 is 2.40 bits per heavy atom. The van der Waals surface area contributed by atoms with E-state index < -0.39 is 35.4 Å². The van der Waals surface area contributed by atoms with Crippen LogP contribution < -0.4 is 16.0 Å². The molecule has 35 heavy (non-hydrogen) atoms. The highest BCUT2D eigenvalue weighted by molar-refractivity contribution is 6.00. The van der Waals surface area contributed by atoms with Gasteiger partial charge in [-0.3, -0.25) is 5.32 Å². The molecule has 2 amide bonds. The lowest BCUT2D eigenvalue weighted by Crippen LogP contribution is -2.21. The molecule has 1 aliphatic heterocycles. The van der Waals surface area contributed by atoms with Gasteiger partial charge in [0.1, 0.15) is 35.2 Å². The summed E-state index contributed by atoms with van der Waals surface area (Å²) in [5.41, 5.74) is 3.28. The van der Waals surface area contributed by atoms with Crippen LogP contribution in [-0.4, -0.2) is 21.1 Å². The maximum atomic E-state index is 15.1. The first-order valence-corrected chi connectivity index (χ1v) is 10.7. The average molecular weight is 479 g/mol. The lowest BCUT2D eigenvalue weighted by molar-refractivity contribution is 0.152. The molecular weight excluding hydrogens is 459 g/mol. The molecule has 1 aliphatic rings. The topological polar surface area (TPSA) is 102 Å². The summed E-state index contributed by atoms with van der Waals surface area (Å²) in [5.74, 6) is -1.88. The van der Waals surface area contributed by atoms with E-state index >= 15 is 4.39 Å². The third-order valence-electron chi connectivity index (χ3n) is 5.78. The molecule has 0 bridgehead atoms. The van der Waals surface area contributed by atoms with E-state index in [0.717, 1.165) is 29.5 Å². The Morgan fingerprint density at radius 1 is 1.00 bits per heavy atom. The molecule has 4 aromatic rings. The Bertz CT molecular complexity index is 1430. The van der Waals surface area contributed by atoms with Crippen molar-refractivity contribution in [3.8, 4) is 22.5 Å². The molecule has 5 N–H and O–H groups in total. The van der Waals surface area contributed by atoms with Gasteiger partial charge in [0.15, 0.2) is 0 Å². The van der Waals surface area contributed by atoms with E-state index in [1.165, 1.54) is 18.2 Å². The van der Waals surface area contributed by atoms with Gasteiger partial charge >= 0.3 is 6.03 Å². The number of H-pyrrole nitrogens is 1. The second kappa shape index (κ2) is 8.90. The van der Waals surface area contributed by atoms with E-state index in [0.29, 0.717) is 29.1 Å². The SMILES string of the molecule is Cc1cnc(-c2ccc(-c3ccc(NC(=O)Nc4c(F)cccc4F)cc3F)c3c2C(O)NC3)[nH]1. The summed E-state index contributed by atoms with van der Waals surface area (Å²) < 4.78 is 42.7. The first-order valence-electron chi connectivity index (χ1n) is 10.7. The number of imidazole rings is 1. The number of halogens is 3. The standard InChI is InChI=1S/C25H20F3N5O2/c1-12-10-29-23(31-12)16-8-7-14(17-11-30-24(34)21(16)17)15-6-5-13(9-20(15)28)32-25(35)33-22-18(26)3-2-4-19(22)27/h2-10,24,30,34H,11H2,1H3,(H,29,31)(H2,32,33,35). The Balaban J connectivity index is 1.43. The largest absolute Gasteiger partial charge is 0.374 e. The van der Waals surface area contributed by atoms with Crippen molar-refractivity contribution in [2.45, 2.75) is 19.7 Å². The fraction of sp³-hybridized carbons (Fsp3) is 0.120. The summed E-state index contributed by atoms with van der Waals surface area (Å²) in [7, 11) is 0. The molecule has 3 aromatic carbocycles. The number of aromatic amines is 1. The van der Waals surface area contributed by atoms with E-state index in [1.54, 1.807) is 18.3 Å². The van der Waals surface area contributed by atoms with Crippen LogP contribution in [-0.2, 0) is 6.54 Å². The highest BCUT2D eigenvalue weighted by Crippen LogP contribution is 2.40. The molecule has 7 nitrogen and oxygen atoms in total. The van der Waals surface area contributed by atoms with Crippen LogP contribution in [0.1, 0.15) is 23.0 Å². The van der Waals surface area contributed by atoms with Gasteiger partial charge in [0.05, 0.1) is 0 Å². The van der Waals surface area contributed by atoms with Gasteiger partial charge < -0.3 is 20.7 Å². The molecule has 0 saturated carbocycles. The minimum atomic E-state index is -0.933. The summed E-state index contributed by atoms with van der Waals surface area (Å²) in [6.07, 6.45) is 0.754. The molecule has 10 heteroatoms. The van der Waals surface area contributed by atoms with Crippen molar-refractivity contribution in [3.63, 3.8) is 0 Å². The van der Waals surface area contributed by atoms with Crippen LogP contribution >= 0.6 is 0 Å². The van der Waals surface area contributed by atoms with Crippen molar-refractivity contribution in [2.24, 2.45) is 0 Å². The molecule has 0 fully saturated rings. The van der Waals surface area contributed by atoms with Gasteiger partial charge in [-0.15, -0.1) is 0 Å². The lowest BCUT2D eigenvalue weighted by Gasteiger charge is -2.15. The number of anilines is 2. The molecule has 0 saturated heterocycles. The Kier molecular flexibility index (Phi) is 5.75. The van der Waals surface area contributed by atoms with E-state index in [-0.39, 0.29) is 11.3 Å². The summed E-state index contributed by atoms with van der Waals surface area (Å²) in [6, 6.07) is 9.88. The molecule has 2 heterocycles. The predicted molar refractivity (Wildman–Crippen MR) is 125 cm³/mol. The van der Waals surface area contributed by atoms with Crippen molar-refractivity contribution in [2.75, 3.05) is 10.6 Å². The first-order chi connectivity index (χ1) is 16.8. The maximum absolute atomic E-state index is 15.1. The molecule has 0 spiro atoms. The number of nitrogens with zero attached hydrogens (tertiary/aromatic N) is 1. The molecular formula is C25H20F3N5O2. The van der Waals surface area contributed by atoms with Gasteiger partial charge in [-0.2, -0.15) is 0 Å². The van der Waals surface area contributed by atoms with E-state index in [4.69, 9.17) is 0 Å². The van der Waals surface area contributed by atoms with Gasteiger partial charge in [-0.05, 0) is 48.4 Å². The Hall–Kier alpha value is -4.15. The molecule has 0 radical (unpaired) electrons. The van der Waals surface area contributed by atoms with Gasteiger partial charge in [-0.25, -0.2) is 22.9 Å². The normalized spacial score (nSPS) is 14.6. The minimum Gasteiger partial charge on any atom is -0.374 e. The molecule has 178 valence electrons. The van der Waals surface area contributed by atoms with E-state index in [2.05, 4.69) is 25.9 Å². The number of nitrogens with one attached hydrogen (secondary N) is 4. The lowest BCUT2D eigenvalue weighted by atomic mass is 9.92. The van der Waals surface area contributed by atoms with Crippen LogP contribution in [0.15, 0.2) is 54.7 Å². The van der Waals surface area contributed by atoms with Crippen LogP contribution in [0.3, 0.4) is 0 Å². The van der Waals surface area contributed by atoms with Gasteiger partial charge in [0.2, 0.25) is 0 Å². The molecule has 1 aromatic heterocycles. The number of aryl methyl sites for hydroxylation is 1. The summed E-state index contributed by atoms with van der Waals surface area (Å²) in [6.45, 7) is 2.20. The number of aromatic nitrogens is 2. The smallest absolute Gasteiger partial charge is 0.323 e. The number of aliphatic hydroxyl groups is 1. The van der Waals surface area contributed by atoms with Crippen LogP contribution in [0, 0.1) is 24.4 Å². The number of rotatable bonds is 4. The fourth-order valence-corrected chi connectivity index (χ4v) is 4.18. The molecule has 1 unspecified atom stereocenters. The number of carbonyl (C=O) groups is 1. The molecule has 5 rings (SSSR count). The number of amides is 2. The van der Waals surface area contributed by atoms with E-state index in [1.807, 2.05) is 6.92 Å².